The third-order valence-electron chi connectivity index (χ3n) is 2.89. The van der Waals surface area contributed by atoms with Crippen molar-refractivity contribution in [3.05, 3.63) is 17.1 Å². The molecule has 0 radical (unpaired) electrons. The first-order valence-electron chi connectivity index (χ1n) is 6.98. The summed E-state index contributed by atoms with van der Waals surface area (Å²) in [5.74, 6) is -4.13. The van der Waals surface area contributed by atoms with Gasteiger partial charge in [-0.05, 0) is 6.92 Å². The zero-order valence-electron chi connectivity index (χ0n) is 13.4. The van der Waals surface area contributed by atoms with Crippen molar-refractivity contribution in [1.82, 2.24) is 16.0 Å². The molecule has 0 aliphatic heterocycles. The lowest BCUT2D eigenvalue weighted by Crippen LogP contribution is -2.58. The van der Waals surface area contributed by atoms with Gasteiger partial charge in [0.05, 0.1) is 19.8 Å². The number of nitroso groups, excluding NO2 is 1. The van der Waals surface area contributed by atoms with E-state index in [4.69, 9.17) is 10.2 Å². The van der Waals surface area contributed by atoms with Gasteiger partial charge in [-0.2, -0.15) is 0 Å². The molecule has 0 heterocycles. The van der Waals surface area contributed by atoms with Gasteiger partial charge in [-0.3, -0.25) is 19.2 Å². The van der Waals surface area contributed by atoms with E-state index in [0.717, 1.165) is 0 Å². The topological polar surface area (TPSA) is 194 Å². The van der Waals surface area contributed by atoms with Crippen LogP contribution in [0.2, 0.25) is 0 Å². The van der Waals surface area contributed by atoms with Crippen molar-refractivity contribution in [1.29, 1.82) is 0 Å². The summed E-state index contributed by atoms with van der Waals surface area (Å²) < 4.78 is 0. The summed E-state index contributed by atoms with van der Waals surface area (Å²) in [6.07, 6.45) is 0. The first-order valence-corrected chi connectivity index (χ1v) is 6.98. The molecule has 0 aromatic heterocycles. The highest BCUT2D eigenvalue weighted by molar-refractivity contribution is 5.97. The molecule has 12 heteroatoms. The van der Waals surface area contributed by atoms with E-state index in [1.807, 2.05) is 15.8 Å². The van der Waals surface area contributed by atoms with E-state index in [1.54, 1.807) is 0 Å². The predicted octanol–water partition coefficient (Wildman–Crippen LogP) is -3.71. The van der Waals surface area contributed by atoms with Gasteiger partial charge in [-0.15, -0.1) is 4.91 Å². The van der Waals surface area contributed by atoms with Crippen LogP contribution in [-0.4, -0.2) is 76.9 Å². The minimum atomic E-state index is -1.63. The van der Waals surface area contributed by atoms with Gasteiger partial charge in [0.2, 0.25) is 17.7 Å². The van der Waals surface area contributed by atoms with Crippen LogP contribution in [0.3, 0.4) is 0 Å². The summed E-state index contributed by atoms with van der Waals surface area (Å²) in [5, 5.41) is 35.4. The Morgan fingerprint density at radius 2 is 1.28 bits per heavy atom. The van der Waals surface area contributed by atoms with Crippen molar-refractivity contribution in [2.75, 3.05) is 19.8 Å². The third-order valence-corrected chi connectivity index (χ3v) is 2.89. The second-order valence-electron chi connectivity index (χ2n) is 4.91. The second-order valence-corrected chi connectivity index (χ2v) is 4.91. The number of rotatable bonds is 10. The van der Waals surface area contributed by atoms with Crippen molar-refractivity contribution in [2.45, 2.75) is 25.0 Å². The maximum atomic E-state index is 12.0. The van der Waals surface area contributed by atoms with Crippen LogP contribution in [-0.2, 0) is 19.2 Å². The summed E-state index contributed by atoms with van der Waals surface area (Å²) in [6, 6.07) is -4.62. The third kappa shape index (κ3) is 7.15. The van der Waals surface area contributed by atoms with E-state index in [1.165, 1.54) is 6.92 Å². The summed E-state index contributed by atoms with van der Waals surface area (Å²) >= 11 is 0. The summed E-state index contributed by atoms with van der Waals surface area (Å²) in [6.45, 7) is 2.12. The summed E-state index contributed by atoms with van der Waals surface area (Å²) in [5.41, 5.74) is 0.0772. The number of carbonyl (C=O) groups is 4. The van der Waals surface area contributed by atoms with Crippen molar-refractivity contribution in [2.24, 2.45) is 5.18 Å². The van der Waals surface area contributed by atoms with Gasteiger partial charge in [0.25, 0.3) is 0 Å². The van der Waals surface area contributed by atoms with Gasteiger partial charge in [0, 0.05) is 10.7 Å². The summed E-state index contributed by atoms with van der Waals surface area (Å²) in [4.78, 5) is 56.5. The highest BCUT2D eigenvalue weighted by atomic mass is 16.3. The molecule has 0 saturated heterocycles. The molecule has 0 spiro atoms. The molecule has 0 aromatic rings. The smallest absolute Gasteiger partial charge is 0.310 e. The zero-order valence-corrected chi connectivity index (χ0v) is 13.4. The molecular formula is C13H20N4O8. The lowest BCUT2D eigenvalue weighted by molar-refractivity contribution is -0.134. The van der Waals surface area contributed by atoms with E-state index >= 15 is 0 Å². The van der Waals surface area contributed by atoms with Gasteiger partial charge in [0.1, 0.15) is 18.1 Å². The van der Waals surface area contributed by atoms with Crippen LogP contribution >= 0.6 is 0 Å². The largest absolute Gasteiger partial charge is 0.394 e. The number of nitrogens with one attached hydrogen (secondary N) is 3. The van der Waals surface area contributed by atoms with Gasteiger partial charge >= 0.3 is 5.91 Å². The molecular weight excluding hydrogens is 340 g/mol. The normalized spacial score (nSPS) is 13.8. The Hall–Kier alpha value is -2.70. The minimum Gasteiger partial charge on any atom is -0.394 e. The number of carbonyl (C=O) groups excluding carboxylic acids is 4. The van der Waals surface area contributed by atoms with Crippen LogP contribution < -0.4 is 16.0 Å². The van der Waals surface area contributed by atoms with Gasteiger partial charge < -0.3 is 31.3 Å². The molecule has 0 saturated carbocycles. The van der Waals surface area contributed by atoms with Gasteiger partial charge in [-0.1, -0.05) is 6.58 Å². The predicted molar refractivity (Wildman–Crippen MR) is 82.7 cm³/mol. The van der Waals surface area contributed by atoms with Crippen LogP contribution in [0, 0.1) is 4.91 Å². The fourth-order valence-corrected chi connectivity index (χ4v) is 1.46. The fourth-order valence-electron chi connectivity index (χ4n) is 1.46. The van der Waals surface area contributed by atoms with E-state index in [9.17, 15) is 29.2 Å². The number of hydrogen-bond acceptors (Lipinski definition) is 8. The standard InChI is InChI=1S/C13H20N4O8/c1-6(2)10(21)14-7(3-18)11(22)15-8(4-19)12(23)16-9(5-20)13(24)17-25/h7-9,18-20H,1,3-5H2,2H3,(H,14,21)(H,15,22)(H,16,23). The van der Waals surface area contributed by atoms with Crippen molar-refractivity contribution in [3.8, 4) is 0 Å². The Kier molecular flexibility index (Phi) is 9.78. The van der Waals surface area contributed by atoms with Crippen LogP contribution in [0.25, 0.3) is 0 Å². The number of nitrogens with zero attached hydrogens (tertiary/aromatic N) is 1. The lowest BCUT2D eigenvalue weighted by Gasteiger charge is -2.22. The van der Waals surface area contributed by atoms with Crippen molar-refractivity contribution >= 4 is 23.6 Å². The first kappa shape index (κ1) is 22.3. The Bertz CT molecular complexity index is 550. The van der Waals surface area contributed by atoms with Gasteiger partial charge in [-0.25, -0.2) is 0 Å². The number of amides is 4. The van der Waals surface area contributed by atoms with Gasteiger partial charge in [0.15, 0.2) is 0 Å². The van der Waals surface area contributed by atoms with E-state index < -0.39 is 61.6 Å². The maximum absolute atomic E-state index is 12.0. The fraction of sp³-hybridized carbons (Fsp3) is 0.538. The highest BCUT2D eigenvalue weighted by Crippen LogP contribution is 1.94. The molecule has 25 heavy (non-hydrogen) atoms. The Morgan fingerprint density at radius 3 is 1.64 bits per heavy atom. The first-order chi connectivity index (χ1) is 11.7. The molecule has 6 N–H and O–H groups in total. The molecule has 0 aliphatic rings. The molecule has 0 bridgehead atoms. The Labute approximate surface area is 142 Å². The van der Waals surface area contributed by atoms with E-state index in [0.29, 0.717) is 0 Å². The monoisotopic (exact) mass is 360 g/mol. The Balaban J connectivity index is 4.93. The quantitative estimate of drug-likeness (QED) is 0.169. The summed E-state index contributed by atoms with van der Waals surface area (Å²) in [7, 11) is 0. The zero-order chi connectivity index (χ0) is 19.6. The van der Waals surface area contributed by atoms with Crippen LogP contribution in [0.5, 0.6) is 0 Å². The molecule has 3 atom stereocenters. The molecule has 12 nitrogen and oxygen atoms in total. The molecule has 0 aromatic carbocycles. The molecule has 0 fully saturated rings. The van der Waals surface area contributed by atoms with E-state index in [2.05, 4.69) is 11.9 Å². The molecule has 0 rings (SSSR count). The number of hydrogen-bond donors (Lipinski definition) is 6. The maximum Gasteiger partial charge on any atom is 0.310 e. The molecule has 3 unspecified atom stereocenters. The number of aliphatic hydroxyl groups is 3. The molecule has 0 aliphatic carbocycles. The molecule has 140 valence electrons. The minimum absolute atomic E-state index is 0.0772. The van der Waals surface area contributed by atoms with Crippen LogP contribution in [0.15, 0.2) is 17.3 Å². The van der Waals surface area contributed by atoms with Crippen molar-refractivity contribution < 1.29 is 34.5 Å². The lowest BCUT2D eigenvalue weighted by atomic mass is 10.2. The average molecular weight is 360 g/mol. The second kappa shape index (κ2) is 11.0. The Morgan fingerprint density at radius 1 is 0.880 bits per heavy atom. The van der Waals surface area contributed by atoms with Crippen molar-refractivity contribution in [3.63, 3.8) is 0 Å². The number of aliphatic hydroxyl groups excluding tert-OH is 3. The van der Waals surface area contributed by atoms with E-state index in [-0.39, 0.29) is 5.57 Å². The van der Waals surface area contributed by atoms with Crippen LogP contribution in [0.4, 0.5) is 0 Å². The highest BCUT2D eigenvalue weighted by Gasteiger charge is 2.29. The SMILES string of the molecule is C=C(C)C(=O)NC(CO)C(=O)NC(CO)C(=O)NC(CO)C(=O)N=O. The van der Waals surface area contributed by atoms with Crippen LogP contribution in [0.1, 0.15) is 6.92 Å². The molecule has 4 amide bonds. The average Bonchev–Trinajstić information content (AvgIpc) is 2.60.